The van der Waals surface area contributed by atoms with Crippen molar-refractivity contribution in [1.29, 1.82) is 0 Å². The molecule has 1 aliphatic carbocycles. The van der Waals surface area contributed by atoms with Crippen LogP contribution in [0.5, 0.6) is 17.2 Å². The molecule has 1 aromatic rings. The first kappa shape index (κ1) is 13.0. The predicted octanol–water partition coefficient (Wildman–Crippen LogP) is 2.09. The molecule has 2 N–H and O–H groups in total. The molecule has 0 spiro atoms. The van der Waals surface area contributed by atoms with Crippen LogP contribution >= 0.6 is 0 Å². The van der Waals surface area contributed by atoms with E-state index in [1.165, 1.54) is 0 Å². The predicted molar refractivity (Wildman–Crippen MR) is 70.7 cm³/mol. The summed E-state index contributed by atoms with van der Waals surface area (Å²) in [6.07, 6.45) is 2.22. The first-order chi connectivity index (χ1) is 8.70. The molecule has 4 heteroatoms. The Morgan fingerprint density at radius 1 is 1.11 bits per heavy atom. The van der Waals surface area contributed by atoms with Gasteiger partial charge in [-0.25, -0.2) is 0 Å². The van der Waals surface area contributed by atoms with Crippen LogP contribution in [-0.4, -0.2) is 27.4 Å². The Labute approximate surface area is 108 Å². The van der Waals surface area contributed by atoms with Crippen molar-refractivity contribution in [1.82, 2.24) is 0 Å². The van der Waals surface area contributed by atoms with Gasteiger partial charge in [-0.05, 0) is 25.8 Å². The molecule has 1 saturated carbocycles. The van der Waals surface area contributed by atoms with Crippen LogP contribution in [-0.2, 0) is 5.41 Å². The molecule has 0 amide bonds. The Kier molecular flexibility index (Phi) is 3.66. The fourth-order valence-corrected chi connectivity index (χ4v) is 2.29. The molecule has 2 rings (SSSR count). The van der Waals surface area contributed by atoms with Crippen molar-refractivity contribution in [3.05, 3.63) is 17.7 Å². The molecule has 0 bridgehead atoms. The topological polar surface area (TPSA) is 53.7 Å². The summed E-state index contributed by atoms with van der Waals surface area (Å²) in [5.74, 6) is 2.29. The van der Waals surface area contributed by atoms with E-state index in [0.717, 1.165) is 29.9 Å². The molecule has 4 nitrogen and oxygen atoms in total. The van der Waals surface area contributed by atoms with Crippen molar-refractivity contribution in [2.75, 3.05) is 27.4 Å². The van der Waals surface area contributed by atoms with Gasteiger partial charge in [-0.15, -0.1) is 0 Å². The average molecular weight is 251 g/mol. The SMILES string of the molecule is CCOc1cc(C2(CN)CC2)c(OC)cc1OC. The molecule has 0 aromatic heterocycles. The maximum absolute atomic E-state index is 5.89. The lowest BCUT2D eigenvalue weighted by Crippen LogP contribution is -2.20. The highest BCUT2D eigenvalue weighted by molar-refractivity contribution is 5.55. The highest BCUT2D eigenvalue weighted by atomic mass is 16.5. The second-order valence-electron chi connectivity index (χ2n) is 4.62. The van der Waals surface area contributed by atoms with E-state index in [1.807, 2.05) is 19.1 Å². The van der Waals surface area contributed by atoms with Gasteiger partial charge in [0.25, 0.3) is 0 Å². The van der Waals surface area contributed by atoms with E-state index in [0.29, 0.717) is 18.9 Å². The molecule has 1 aliphatic rings. The Balaban J connectivity index is 2.47. The van der Waals surface area contributed by atoms with Crippen LogP contribution in [0.25, 0.3) is 0 Å². The number of rotatable bonds is 6. The van der Waals surface area contributed by atoms with Crippen LogP contribution in [0.1, 0.15) is 25.3 Å². The van der Waals surface area contributed by atoms with E-state index >= 15 is 0 Å². The van der Waals surface area contributed by atoms with Gasteiger partial charge in [0.2, 0.25) is 0 Å². The lowest BCUT2D eigenvalue weighted by Gasteiger charge is -2.20. The van der Waals surface area contributed by atoms with E-state index in [9.17, 15) is 0 Å². The minimum Gasteiger partial charge on any atom is -0.496 e. The number of methoxy groups -OCH3 is 2. The molecule has 0 atom stereocenters. The Hall–Kier alpha value is -1.42. The molecule has 18 heavy (non-hydrogen) atoms. The van der Waals surface area contributed by atoms with Gasteiger partial charge in [0.05, 0.1) is 20.8 Å². The summed E-state index contributed by atoms with van der Waals surface area (Å²) >= 11 is 0. The standard InChI is InChI=1S/C14H21NO3/c1-4-18-13-7-10(14(9-15)5-6-14)11(16-2)8-12(13)17-3/h7-8H,4-6,9,15H2,1-3H3. The minimum absolute atomic E-state index is 0.0729. The van der Waals surface area contributed by atoms with Gasteiger partial charge >= 0.3 is 0 Å². The number of nitrogens with two attached hydrogens (primary N) is 1. The minimum atomic E-state index is 0.0729. The maximum atomic E-state index is 5.89. The van der Waals surface area contributed by atoms with Crippen molar-refractivity contribution in [3.8, 4) is 17.2 Å². The third-order valence-corrected chi connectivity index (χ3v) is 3.60. The lowest BCUT2D eigenvalue weighted by atomic mass is 9.94. The summed E-state index contributed by atoms with van der Waals surface area (Å²) in [6.45, 7) is 3.21. The zero-order valence-electron chi connectivity index (χ0n) is 11.3. The molecule has 0 radical (unpaired) electrons. The third kappa shape index (κ3) is 2.12. The van der Waals surface area contributed by atoms with Crippen molar-refractivity contribution in [2.45, 2.75) is 25.2 Å². The third-order valence-electron chi connectivity index (χ3n) is 3.60. The molecule has 0 heterocycles. The fourth-order valence-electron chi connectivity index (χ4n) is 2.29. The number of hydrogen-bond acceptors (Lipinski definition) is 4. The number of benzene rings is 1. The largest absolute Gasteiger partial charge is 0.496 e. The van der Waals surface area contributed by atoms with Crippen LogP contribution in [0.4, 0.5) is 0 Å². The van der Waals surface area contributed by atoms with Crippen LogP contribution < -0.4 is 19.9 Å². The zero-order valence-corrected chi connectivity index (χ0v) is 11.3. The smallest absolute Gasteiger partial charge is 0.164 e. The van der Waals surface area contributed by atoms with Crippen molar-refractivity contribution in [3.63, 3.8) is 0 Å². The fraction of sp³-hybridized carbons (Fsp3) is 0.571. The highest BCUT2D eigenvalue weighted by Gasteiger charge is 2.45. The van der Waals surface area contributed by atoms with E-state index in [2.05, 4.69) is 0 Å². The number of ether oxygens (including phenoxy) is 3. The normalized spacial score (nSPS) is 16.2. The van der Waals surface area contributed by atoms with Crippen LogP contribution in [0.2, 0.25) is 0 Å². The monoisotopic (exact) mass is 251 g/mol. The molecule has 1 aromatic carbocycles. The van der Waals surface area contributed by atoms with E-state index in [-0.39, 0.29) is 5.41 Å². The van der Waals surface area contributed by atoms with E-state index < -0.39 is 0 Å². The summed E-state index contributed by atoms with van der Waals surface area (Å²) in [6, 6.07) is 3.90. The summed E-state index contributed by atoms with van der Waals surface area (Å²) in [7, 11) is 3.30. The molecule has 0 unspecified atom stereocenters. The van der Waals surface area contributed by atoms with Crippen molar-refractivity contribution in [2.24, 2.45) is 5.73 Å². The van der Waals surface area contributed by atoms with Crippen LogP contribution in [0.15, 0.2) is 12.1 Å². The molecular weight excluding hydrogens is 230 g/mol. The first-order valence-corrected chi connectivity index (χ1v) is 6.30. The quantitative estimate of drug-likeness (QED) is 0.841. The number of hydrogen-bond donors (Lipinski definition) is 1. The van der Waals surface area contributed by atoms with Gasteiger partial charge in [0.15, 0.2) is 11.5 Å². The summed E-state index contributed by atoms with van der Waals surface area (Å²) in [5, 5.41) is 0. The summed E-state index contributed by atoms with van der Waals surface area (Å²) in [4.78, 5) is 0. The van der Waals surface area contributed by atoms with Crippen LogP contribution in [0, 0.1) is 0 Å². The van der Waals surface area contributed by atoms with E-state index in [4.69, 9.17) is 19.9 Å². The Bertz CT molecular complexity index is 427. The van der Waals surface area contributed by atoms with Gasteiger partial charge in [-0.3, -0.25) is 0 Å². The molecule has 0 aliphatic heterocycles. The van der Waals surface area contributed by atoms with Gasteiger partial charge < -0.3 is 19.9 Å². The van der Waals surface area contributed by atoms with Gasteiger partial charge in [-0.1, -0.05) is 0 Å². The Morgan fingerprint density at radius 2 is 1.78 bits per heavy atom. The van der Waals surface area contributed by atoms with Gasteiger partial charge in [-0.2, -0.15) is 0 Å². The van der Waals surface area contributed by atoms with Crippen molar-refractivity contribution < 1.29 is 14.2 Å². The summed E-state index contributed by atoms with van der Waals surface area (Å²) in [5.41, 5.74) is 7.10. The van der Waals surface area contributed by atoms with Crippen molar-refractivity contribution >= 4 is 0 Å². The lowest BCUT2D eigenvalue weighted by molar-refractivity contribution is 0.307. The molecule has 0 saturated heterocycles. The average Bonchev–Trinajstić information content (AvgIpc) is 3.19. The molecular formula is C14H21NO3. The Morgan fingerprint density at radius 3 is 2.22 bits per heavy atom. The highest BCUT2D eigenvalue weighted by Crippen LogP contribution is 2.52. The second-order valence-corrected chi connectivity index (χ2v) is 4.62. The van der Waals surface area contributed by atoms with Crippen LogP contribution in [0.3, 0.4) is 0 Å². The second kappa shape index (κ2) is 5.06. The zero-order chi connectivity index (χ0) is 13.2. The first-order valence-electron chi connectivity index (χ1n) is 6.30. The molecule has 1 fully saturated rings. The van der Waals surface area contributed by atoms with Gasteiger partial charge in [0.1, 0.15) is 5.75 Å². The molecule has 100 valence electrons. The summed E-state index contributed by atoms with van der Waals surface area (Å²) < 4.78 is 16.4. The maximum Gasteiger partial charge on any atom is 0.164 e. The van der Waals surface area contributed by atoms with Gasteiger partial charge in [0, 0.05) is 23.6 Å². The van der Waals surface area contributed by atoms with E-state index in [1.54, 1.807) is 14.2 Å².